The summed E-state index contributed by atoms with van der Waals surface area (Å²) in [7, 11) is 0. The third kappa shape index (κ3) is 3.70. The molecule has 2 N–H and O–H groups in total. The quantitative estimate of drug-likeness (QED) is 0.496. The van der Waals surface area contributed by atoms with E-state index in [9.17, 15) is 27.5 Å². The molecule has 4 rings (SSSR count). The van der Waals surface area contributed by atoms with Gasteiger partial charge >= 0.3 is 6.18 Å². The Morgan fingerprint density at radius 1 is 1.32 bits per heavy atom. The summed E-state index contributed by atoms with van der Waals surface area (Å²) in [5, 5.41) is 21.2. The van der Waals surface area contributed by atoms with Gasteiger partial charge in [0.1, 0.15) is 23.2 Å². The SMILES string of the molecule is CC1(C)C(=O)N(c2cc(C(F)(F)F)c(C#N)cc2F)C(=S)N1c1ccc2c(c1)NC[C@@H](CO)O2. The number of carbonyl (C=O) groups is 1. The minimum atomic E-state index is -4.94. The molecule has 7 nitrogen and oxygen atoms in total. The average Bonchev–Trinajstić information content (AvgIpc) is 2.95. The Kier molecular flexibility index (Phi) is 5.65. The normalized spacial score (nSPS) is 19.4. The number of carbonyl (C=O) groups excluding carboxylic acids is 1. The van der Waals surface area contributed by atoms with E-state index in [4.69, 9.17) is 22.2 Å². The van der Waals surface area contributed by atoms with E-state index in [0.29, 0.717) is 40.7 Å². The van der Waals surface area contributed by atoms with Crippen molar-refractivity contribution in [2.75, 3.05) is 28.3 Å². The number of ether oxygens (including phenoxy) is 1. The lowest BCUT2D eigenvalue weighted by atomic mass is 10.0. The Hall–Kier alpha value is -3.43. The summed E-state index contributed by atoms with van der Waals surface area (Å²) >= 11 is 5.44. The molecule has 2 aliphatic rings. The largest absolute Gasteiger partial charge is 0.484 e. The van der Waals surface area contributed by atoms with Crippen LogP contribution in [0.3, 0.4) is 0 Å². The van der Waals surface area contributed by atoms with Gasteiger partial charge in [0.25, 0.3) is 5.91 Å². The molecule has 34 heavy (non-hydrogen) atoms. The van der Waals surface area contributed by atoms with Crippen LogP contribution in [0.1, 0.15) is 25.0 Å². The fraction of sp³-hybridized carbons (Fsp3) is 0.318. The van der Waals surface area contributed by atoms with Crippen LogP contribution in [-0.2, 0) is 11.0 Å². The molecule has 0 unspecified atom stereocenters. The van der Waals surface area contributed by atoms with E-state index >= 15 is 0 Å². The van der Waals surface area contributed by atoms with Crippen LogP contribution in [0.15, 0.2) is 30.3 Å². The van der Waals surface area contributed by atoms with E-state index in [-0.39, 0.29) is 11.7 Å². The van der Waals surface area contributed by atoms with Crippen molar-refractivity contribution in [3.63, 3.8) is 0 Å². The first-order valence-corrected chi connectivity index (χ1v) is 10.5. The third-order valence-electron chi connectivity index (χ3n) is 5.66. The zero-order valence-corrected chi connectivity index (χ0v) is 18.7. The van der Waals surface area contributed by atoms with Gasteiger partial charge in [0.2, 0.25) is 0 Å². The fourth-order valence-corrected chi connectivity index (χ4v) is 4.46. The number of nitrogens with zero attached hydrogens (tertiary/aromatic N) is 3. The van der Waals surface area contributed by atoms with Gasteiger partial charge in [0.15, 0.2) is 5.11 Å². The second-order valence-corrected chi connectivity index (χ2v) is 8.63. The summed E-state index contributed by atoms with van der Waals surface area (Å²) in [4.78, 5) is 15.4. The van der Waals surface area contributed by atoms with E-state index < -0.39 is 46.4 Å². The van der Waals surface area contributed by atoms with Crippen molar-refractivity contribution in [1.29, 1.82) is 5.26 Å². The minimum absolute atomic E-state index is 0.184. The van der Waals surface area contributed by atoms with Crippen LogP contribution >= 0.6 is 12.2 Å². The highest BCUT2D eigenvalue weighted by molar-refractivity contribution is 7.81. The fourth-order valence-electron chi connectivity index (χ4n) is 3.95. The van der Waals surface area contributed by atoms with Gasteiger partial charge in [0.05, 0.1) is 41.7 Å². The third-order valence-corrected chi connectivity index (χ3v) is 6.03. The van der Waals surface area contributed by atoms with Crippen LogP contribution in [0.25, 0.3) is 0 Å². The Morgan fingerprint density at radius 2 is 2.03 bits per heavy atom. The molecular formula is C22H18F4N4O3S. The van der Waals surface area contributed by atoms with E-state index in [2.05, 4.69) is 5.32 Å². The molecule has 1 fully saturated rings. The molecule has 0 saturated carbocycles. The van der Waals surface area contributed by atoms with Crippen LogP contribution in [0.4, 0.5) is 34.6 Å². The lowest BCUT2D eigenvalue weighted by Crippen LogP contribution is -2.44. The van der Waals surface area contributed by atoms with Gasteiger partial charge in [-0.3, -0.25) is 9.69 Å². The molecule has 178 valence electrons. The van der Waals surface area contributed by atoms with Crippen LogP contribution < -0.4 is 19.9 Å². The van der Waals surface area contributed by atoms with Crippen molar-refractivity contribution in [3.8, 4) is 11.8 Å². The molecule has 1 amide bonds. The van der Waals surface area contributed by atoms with E-state index in [0.717, 1.165) is 0 Å². The average molecular weight is 494 g/mol. The molecule has 2 heterocycles. The summed E-state index contributed by atoms with van der Waals surface area (Å²) in [6.07, 6.45) is -5.37. The Bertz CT molecular complexity index is 1240. The first kappa shape index (κ1) is 23.7. The number of hydrogen-bond acceptors (Lipinski definition) is 6. The molecule has 0 aliphatic carbocycles. The van der Waals surface area contributed by atoms with E-state index in [1.165, 1.54) is 24.8 Å². The highest BCUT2D eigenvalue weighted by atomic mass is 32.1. The zero-order chi connectivity index (χ0) is 25.0. The summed E-state index contributed by atoms with van der Waals surface area (Å²) in [5.41, 5.74) is -3.34. The first-order valence-electron chi connectivity index (χ1n) is 10.0. The van der Waals surface area contributed by atoms with Crippen molar-refractivity contribution >= 4 is 40.3 Å². The number of amides is 1. The molecule has 0 bridgehead atoms. The Balaban J connectivity index is 1.78. The van der Waals surface area contributed by atoms with Gasteiger partial charge in [-0.15, -0.1) is 0 Å². The number of anilines is 3. The molecule has 0 spiro atoms. The minimum Gasteiger partial charge on any atom is -0.484 e. The molecular weight excluding hydrogens is 476 g/mol. The molecule has 2 aromatic carbocycles. The molecule has 2 aliphatic heterocycles. The predicted molar refractivity (Wildman–Crippen MR) is 119 cm³/mol. The summed E-state index contributed by atoms with van der Waals surface area (Å²) in [5.74, 6) is -1.46. The monoisotopic (exact) mass is 494 g/mol. The molecule has 1 saturated heterocycles. The van der Waals surface area contributed by atoms with Crippen molar-refractivity contribution < 1.29 is 32.2 Å². The molecule has 1 atom stereocenters. The summed E-state index contributed by atoms with van der Waals surface area (Å²) in [6.45, 7) is 3.18. The van der Waals surface area contributed by atoms with Gasteiger partial charge < -0.3 is 20.1 Å². The number of aliphatic hydroxyl groups is 1. The Labute approximate surface area is 197 Å². The van der Waals surface area contributed by atoms with E-state index in [1.807, 2.05) is 0 Å². The molecule has 0 radical (unpaired) electrons. The van der Waals surface area contributed by atoms with Gasteiger partial charge in [-0.05, 0) is 56.4 Å². The van der Waals surface area contributed by atoms with Crippen LogP contribution in [0.2, 0.25) is 0 Å². The number of fused-ring (bicyclic) bond motifs is 1. The number of aliphatic hydroxyl groups excluding tert-OH is 1. The molecule has 0 aromatic heterocycles. The van der Waals surface area contributed by atoms with Crippen LogP contribution in [0.5, 0.6) is 5.75 Å². The highest BCUT2D eigenvalue weighted by Crippen LogP contribution is 2.42. The maximum Gasteiger partial charge on any atom is 0.417 e. The van der Waals surface area contributed by atoms with Gasteiger partial charge in [-0.25, -0.2) is 4.39 Å². The summed E-state index contributed by atoms with van der Waals surface area (Å²) in [6, 6.07) is 7.05. The van der Waals surface area contributed by atoms with Gasteiger partial charge in [0, 0.05) is 5.69 Å². The van der Waals surface area contributed by atoms with Crippen molar-refractivity contribution in [3.05, 3.63) is 47.3 Å². The second kappa shape index (κ2) is 8.11. The summed E-state index contributed by atoms with van der Waals surface area (Å²) < 4.78 is 60.9. The second-order valence-electron chi connectivity index (χ2n) is 8.26. The number of hydrogen-bond donors (Lipinski definition) is 2. The number of halogens is 4. The maximum absolute atomic E-state index is 14.8. The molecule has 2 aromatic rings. The number of nitriles is 1. The lowest BCUT2D eigenvalue weighted by molar-refractivity contribution is -0.137. The molecule has 12 heteroatoms. The van der Waals surface area contributed by atoms with Gasteiger partial charge in [-0.2, -0.15) is 18.4 Å². The van der Waals surface area contributed by atoms with E-state index in [1.54, 1.807) is 18.2 Å². The smallest absolute Gasteiger partial charge is 0.417 e. The zero-order valence-electron chi connectivity index (χ0n) is 17.9. The number of benzene rings is 2. The van der Waals surface area contributed by atoms with Gasteiger partial charge in [-0.1, -0.05) is 0 Å². The number of thiocarbonyl (C=S) groups is 1. The topological polar surface area (TPSA) is 88.8 Å². The number of alkyl halides is 3. The standard InChI is InChI=1S/C22H18F4N4O3S/c1-21(2)19(32)29(17-7-14(22(24,25)26)11(8-27)5-15(17)23)20(34)30(21)12-3-4-18-16(6-12)28-9-13(10-31)33-18/h3-7,13,28,31H,9-10H2,1-2H3/t13-/m0/s1. The van der Waals surface area contributed by atoms with Crippen LogP contribution in [0, 0.1) is 17.1 Å². The predicted octanol–water partition coefficient (Wildman–Crippen LogP) is 3.80. The van der Waals surface area contributed by atoms with Crippen molar-refractivity contribution in [2.45, 2.75) is 31.7 Å². The van der Waals surface area contributed by atoms with Crippen molar-refractivity contribution in [2.24, 2.45) is 0 Å². The van der Waals surface area contributed by atoms with Crippen LogP contribution in [-0.4, -0.2) is 40.9 Å². The number of nitrogens with one attached hydrogen (secondary N) is 1. The lowest BCUT2D eigenvalue weighted by Gasteiger charge is -2.32. The maximum atomic E-state index is 14.8. The highest BCUT2D eigenvalue weighted by Gasteiger charge is 2.51. The number of rotatable bonds is 3. The first-order chi connectivity index (χ1) is 15.9. The Morgan fingerprint density at radius 3 is 2.65 bits per heavy atom. The van der Waals surface area contributed by atoms with Crippen molar-refractivity contribution in [1.82, 2.24) is 0 Å².